The Morgan fingerprint density at radius 2 is 1.74 bits per heavy atom. The van der Waals surface area contributed by atoms with Crippen molar-refractivity contribution in [3.63, 3.8) is 0 Å². The third-order valence-electron chi connectivity index (χ3n) is 2.83. The molecule has 0 aliphatic heterocycles. The van der Waals surface area contributed by atoms with E-state index < -0.39 is 23.5 Å². The number of nitrogens with two attached hydrogens (primary N) is 1. The molecule has 0 aliphatic rings. The fraction of sp³-hybridized carbons (Fsp3) is 0.143. The van der Waals surface area contributed by atoms with Gasteiger partial charge in [-0.05, 0) is 35.7 Å². The first-order valence-corrected chi connectivity index (χ1v) is 5.99. The van der Waals surface area contributed by atoms with Crippen LogP contribution in [0, 0.1) is 17.5 Å². The summed E-state index contributed by atoms with van der Waals surface area (Å²) in [5.41, 5.74) is 6.67. The minimum atomic E-state index is -0.662. The average molecular weight is 286 g/mol. The van der Waals surface area contributed by atoms with Gasteiger partial charge in [0.15, 0.2) is 0 Å². The Balaban J connectivity index is 2.20. The van der Waals surface area contributed by atoms with Gasteiger partial charge in [0.25, 0.3) is 0 Å². The summed E-state index contributed by atoms with van der Waals surface area (Å²) in [5.74, 6) is -1.88. The van der Waals surface area contributed by atoms with Crippen LogP contribution in [-0.2, 0) is 6.42 Å². The summed E-state index contributed by atoms with van der Waals surface area (Å²) in [6, 6.07) is 6.89. The summed E-state index contributed by atoms with van der Waals surface area (Å²) in [6.07, 6.45) is 0.146. The molecule has 0 saturated heterocycles. The molecule has 1 unspecified atom stereocenters. The van der Waals surface area contributed by atoms with Crippen molar-refractivity contribution in [3.8, 4) is 0 Å². The number of benzene rings is 2. The van der Waals surface area contributed by atoms with E-state index in [4.69, 9.17) is 17.3 Å². The SMILES string of the molecule is NC(Cc1ccc(F)cc1F)c1ccc(Cl)c(F)c1. The molecule has 0 fully saturated rings. The fourth-order valence-corrected chi connectivity index (χ4v) is 1.90. The van der Waals surface area contributed by atoms with Crippen molar-refractivity contribution < 1.29 is 13.2 Å². The number of hydrogen-bond donors (Lipinski definition) is 1. The van der Waals surface area contributed by atoms with Crippen molar-refractivity contribution in [2.24, 2.45) is 5.73 Å². The number of halogens is 4. The van der Waals surface area contributed by atoms with Gasteiger partial charge in [-0.1, -0.05) is 23.7 Å². The minimum Gasteiger partial charge on any atom is -0.324 e. The second-order valence-electron chi connectivity index (χ2n) is 4.22. The molecule has 2 aromatic rings. The molecule has 2 rings (SSSR count). The molecule has 2 aromatic carbocycles. The maximum absolute atomic E-state index is 13.5. The predicted molar refractivity (Wildman–Crippen MR) is 68.4 cm³/mol. The highest BCUT2D eigenvalue weighted by atomic mass is 35.5. The third kappa shape index (κ3) is 3.28. The molecule has 100 valence electrons. The van der Waals surface area contributed by atoms with Crippen molar-refractivity contribution >= 4 is 11.6 Å². The lowest BCUT2D eigenvalue weighted by Gasteiger charge is -2.13. The first-order valence-electron chi connectivity index (χ1n) is 5.62. The minimum absolute atomic E-state index is 0.00362. The largest absolute Gasteiger partial charge is 0.324 e. The van der Waals surface area contributed by atoms with E-state index in [9.17, 15) is 13.2 Å². The molecule has 0 radical (unpaired) electrons. The van der Waals surface area contributed by atoms with Gasteiger partial charge in [-0.25, -0.2) is 13.2 Å². The quantitative estimate of drug-likeness (QED) is 0.906. The Hall–Kier alpha value is -1.52. The van der Waals surface area contributed by atoms with E-state index in [1.165, 1.54) is 18.2 Å². The molecule has 19 heavy (non-hydrogen) atoms. The van der Waals surface area contributed by atoms with Gasteiger partial charge < -0.3 is 5.73 Å². The van der Waals surface area contributed by atoms with E-state index in [0.717, 1.165) is 12.1 Å². The van der Waals surface area contributed by atoms with Gasteiger partial charge in [0, 0.05) is 12.1 Å². The topological polar surface area (TPSA) is 26.0 Å². The summed E-state index contributed by atoms with van der Waals surface area (Å²) in [7, 11) is 0. The highest BCUT2D eigenvalue weighted by molar-refractivity contribution is 6.30. The van der Waals surface area contributed by atoms with E-state index in [0.29, 0.717) is 5.56 Å². The molecule has 5 heteroatoms. The summed E-state index contributed by atoms with van der Waals surface area (Å²) in [6.45, 7) is 0. The van der Waals surface area contributed by atoms with E-state index >= 15 is 0 Å². The van der Waals surface area contributed by atoms with Crippen LogP contribution in [0.25, 0.3) is 0 Å². The van der Waals surface area contributed by atoms with Crippen LogP contribution < -0.4 is 5.73 Å². The fourth-order valence-electron chi connectivity index (χ4n) is 1.79. The summed E-state index contributed by atoms with van der Waals surface area (Å²) < 4.78 is 39.5. The summed E-state index contributed by atoms with van der Waals surface area (Å²) >= 11 is 5.57. The van der Waals surface area contributed by atoms with Gasteiger partial charge >= 0.3 is 0 Å². The zero-order valence-electron chi connectivity index (χ0n) is 9.84. The highest BCUT2D eigenvalue weighted by Crippen LogP contribution is 2.22. The van der Waals surface area contributed by atoms with Crippen LogP contribution >= 0.6 is 11.6 Å². The van der Waals surface area contributed by atoms with E-state index in [2.05, 4.69) is 0 Å². The van der Waals surface area contributed by atoms with Crippen LogP contribution in [0.4, 0.5) is 13.2 Å². The lowest BCUT2D eigenvalue weighted by molar-refractivity contribution is 0.562. The Labute approximate surface area is 113 Å². The molecule has 0 amide bonds. The molecule has 0 bridgehead atoms. The van der Waals surface area contributed by atoms with Crippen LogP contribution in [0.5, 0.6) is 0 Å². The van der Waals surface area contributed by atoms with Crippen LogP contribution in [0.2, 0.25) is 5.02 Å². The molecule has 1 atom stereocenters. The Morgan fingerprint density at radius 1 is 1.00 bits per heavy atom. The van der Waals surface area contributed by atoms with Crippen molar-refractivity contribution in [1.29, 1.82) is 0 Å². The number of hydrogen-bond acceptors (Lipinski definition) is 1. The van der Waals surface area contributed by atoms with E-state index in [1.807, 2.05) is 0 Å². The van der Waals surface area contributed by atoms with Crippen LogP contribution in [0.1, 0.15) is 17.2 Å². The van der Waals surface area contributed by atoms with Crippen LogP contribution in [-0.4, -0.2) is 0 Å². The zero-order valence-corrected chi connectivity index (χ0v) is 10.6. The Kier molecular flexibility index (Phi) is 4.12. The van der Waals surface area contributed by atoms with E-state index in [1.54, 1.807) is 6.07 Å². The van der Waals surface area contributed by atoms with Gasteiger partial charge in [0.05, 0.1) is 5.02 Å². The normalized spacial score (nSPS) is 12.5. The monoisotopic (exact) mass is 285 g/mol. The Morgan fingerprint density at radius 3 is 2.37 bits per heavy atom. The maximum Gasteiger partial charge on any atom is 0.142 e. The standard InChI is InChI=1S/C14H11ClF3N/c15-11-4-2-9(5-13(11)18)14(19)6-8-1-3-10(16)7-12(8)17/h1-5,7,14H,6,19H2. The van der Waals surface area contributed by atoms with Crippen molar-refractivity contribution in [3.05, 3.63) is 70.0 Å². The van der Waals surface area contributed by atoms with Crippen molar-refractivity contribution in [2.75, 3.05) is 0 Å². The molecule has 0 saturated carbocycles. The molecular weight excluding hydrogens is 275 g/mol. The second-order valence-corrected chi connectivity index (χ2v) is 4.63. The van der Waals surface area contributed by atoms with Crippen LogP contribution in [0.3, 0.4) is 0 Å². The molecular formula is C14H11ClF3N. The predicted octanol–water partition coefficient (Wildman–Crippen LogP) is 4.00. The molecule has 0 aromatic heterocycles. The maximum atomic E-state index is 13.5. The van der Waals surface area contributed by atoms with Gasteiger partial charge in [-0.2, -0.15) is 0 Å². The highest BCUT2D eigenvalue weighted by Gasteiger charge is 2.12. The van der Waals surface area contributed by atoms with Crippen molar-refractivity contribution in [1.82, 2.24) is 0 Å². The van der Waals surface area contributed by atoms with Gasteiger partial charge in [-0.15, -0.1) is 0 Å². The smallest absolute Gasteiger partial charge is 0.142 e. The lowest BCUT2D eigenvalue weighted by atomic mass is 9.99. The van der Waals surface area contributed by atoms with Crippen LogP contribution in [0.15, 0.2) is 36.4 Å². The molecule has 0 spiro atoms. The van der Waals surface area contributed by atoms with E-state index in [-0.39, 0.29) is 17.0 Å². The first-order chi connectivity index (χ1) is 8.97. The lowest BCUT2D eigenvalue weighted by Crippen LogP contribution is -2.14. The van der Waals surface area contributed by atoms with Gasteiger partial charge in [0.2, 0.25) is 0 Å². The molecule has 2 N–H and O–H groups in total. The molecule has 0 aliphatic carbocycles. The summed E-state index contributed by atoms with van der Waals surface area (Å²) in [4.78, 5) is 0. The first kappa shape index (κ1) is 13.9. The molecule has 1 nitrogen and oxygen atoms in total. The summed E-state index contributed by atoms with van der Waals surface area (Å²) in [5, 5.41) is 0.00362. The van der Waals surface area contributed by atoms with Gasteiger partial charge in [-0.3, -0.25) is 0 Å². The average Bonchev–Trinajstić information content (AvgIpc) is 2.36. The second kappa shape index (κ2) is 5.63. The Bertz CT molecular complexity index is 601. The zero-order chi connectivity index (χ0) is 14.0. The van der Waals surface area contributed by atoms with Crippen molar-refractivity contribution in [2.45, 2.75) is 12.5 Å². The molecule has 0 heterocycles. The third-order valence-corrected chi connectivity index (χ3v) is 3.13. The number of rotatable bonds is 3. The van der Waals surface area contributed by atoms with Gasteiger partial charge in [0.1, 0.15) is 17.5 Å².